The lowest BCUT2D eigenvalue weighted by Crippen LogP contribution is -1.63. The Kier molecular flexibility index (Phi) is 3.80. The highest BCUT2D eigenvalue weighted by atomic mass is 32.1. The normalized spacial score (nSPS) is 13.3. The van der Waals surface area contributed by atoms with Gasteiger partial charge in [-0.15, -0.1) is 12.6 Å². The van der Waals surface area contributed by atoms with Crippen molar-refractivity contribution in [2.24, 2.45) is 4.99 Å². The number of aliphatic imine (C=N–C) groups is 1. The molecule has 7 heavy (non-hydrogen) atoms. The Morgan fingerprint density at radius 2 is 2.29 bits per heavy atom. The van der Waals surface area contributed by atoms with E-state index in [9.17, 15) is 0 Å². The van der Waals surface area contributed by atoms with Crippen LogP contribution < -0.4 is 0 Å². The zero-order chi connectivity index (χ0) is 5.70. The molecule has 0 N–H and O–H groups in total. The first kappa shape index (κ1) is 6.76. The maximum Gasteiger partial charge on any atom is 0.0428 e. The number of nitrogens with zero attached hydrogens (tertiary/aromatic N) is 1. The molecule has 40 valence electrons. The van der Waals surface area contributed by atoms with Crippen LogP contribution >= 0.6 is 12.6 Å². The lowest BCUT2D eigenvalue weighted by molar-refractivity contribution is 1.33. The summed E-state index contributed by atoms with van der Waals surface area (Å²) in [7, 11) is 0. The Hall–Kier alpha value is -0.240. The summed E-state index contributed by atoms with van der Waals surface area (Å²) in [6.45, 7) is 3.77. The Labute approximate surface area is 49.6 Å². The summed E-state index contributed by atoms with van der Waals surface area (Å²) in [4.78, 5) is 3.90. The summed E-state index contributed by atoms with van der Waals surface area (Å²) < 4.78 is 0. The number of hydrogen-bond acceptors (Lipinski definition) is 2. The Morgan fingerprint density at radius 3 is 2.43 bits per heavy atom. The maximum absolute atomic E-state index is 3.90. The molecule has 1 nitrogen and oxygen atoms in total. The van der Waals surface area contributed by atoms with Gasteiger partial charge >= 0.3 is 0 Å². The second-order valence-electron chi connectivity index (χ2n) is 1.16. The molecule has 0 amide bonds. The molecule has 0 saturated heterocycles. The SMILES string of the molecule is C/C=N\C(C)=C/S. The van der Waals surface area contributed by atoms with Crippen molar-refractivity contribution in [3.05, 3.63) is 11.1 Å². The first-order chi connectivity index (χ1) is 3.31. The zero-order valence-corrected chi connectivity index (χ0v) is 5.44. The van der Waals surface area contributed by atoms with Crippen molar-refractivity contribution >= 4 is 18.8 Å². The Balaban J connectivity index is 3.58. The predicted octanol–water partition coefficient (Wildman–Crippen LogP) is 1.87. The smallest absolute Gasteiger partial charge is 0.0428 e. The molecule has 0 aliphatic heterocycles. The number of thiol groups is 1. The van der Waals surface area contributed by atoms with Gasteiger partial charge in [0.25, 0.3) is 0 Å². The largest absolute Gasteiger partial charge is 0.266 e. The highest BCUT2D eigenvalue weighted by Crippen LogP contribution is 1.93. The van der Waals surface area contributed by atoms with E-state index in [1.807, 2.05) is 13.8 Å². The molecule has 0 aromatic heterocycles. The van der Waals surface area contributed by atoms with Crippen LogP contribution in [0, 0.1) is 0 Å². The van der Waals surface area contributed by atoms with Crippen LogP contribution in [0.2, 0.25) is 0 Å². The molecule has 0 aromatic rings. The number of allylic oxidation sites excluding steroid dienone is 1. The van der Waals surface area contributed by atoms with Gasteiger partial charge in [0.2, 0.25) is 0 Å². The third kappa shape index (κ3) is 3.59. The average Bonchev–Trinajstić information content (AvgIpc) is 1.68. The van der Waals surface area contributed by atoms with Gasteiger partial charge < -0.3 is 0 Å². The van der Waals surface area contributed by atoms with Crippen LogP contribution in [0.15, 0.2) is 16.1 Å². The van der Waals surface area contributed by atoms with Gasteiger partial charge in [-0.1, -0.05) is 0 Å². The third-order valence-corrected chi connectivity index (χ3v) is 0.893. The quantitative estimate of drug-likeness (QED) is 0.395. The fraction of sp³-hybridized carbons (Fsp3) is 0.400. The van der Waals surface area contributed by atoms with Gasteiger partial charge in [-0.2, -0.15) is 0 Å². The van der Waals surface area contributed by atoms with Crippen molar-refractivity contribution < 1.29 is 0 Å². The van der Waals surface area contributed by atoms with Gasteiger partial charge in [-0.3, -0.25) is 4.99 Å². The topological polar surface area (TPSA) is 12.4 Å². The van der Waals surface area contributed by atoms with Crippen molar-refractivity contribution in [2.75, 3.05) is 0 Å². The molecule has 2 heteroatoms. The van der Waals surface area contributed by atoms with Crippen LogP contribution in [0.3, 0.4) is 0 Å². The van der Waals surface area contributed by atoms with E-state index >= 15 is 0 Å². The second-order valence-corrected chi connectivity index (χ2v) is 1.42. The molecule has 0 bridgehead atoms. The molecule has 0 fully saturated rings. The van der Waals surface area contributed by atoms with Gasteiger partial charge in [0.15, 0.2) is 0 Å². The number of rotatable bonds is 1. The third-order valence-electron chi connectivity index (χ3n) is 0.520. The maximum atomic E-state index is 3.90. The van der Waals surface area contributed by atoms with Crippen molar-refractivity contribution in [1.29, 1.82) is 0 Å². The minimum atomic E-state index is 0.936. The molecule has 0 atom stereocenters. The zero-order valence-electron chi connectivity index (χ0n) is 4.55. The molecule has 0 spiro atoms. The van der Waals surface area contributed by atoms with Gasteiger partial charge in [0, 0.05) is 11.9 Å². The van der Waals surface area contributed by atoms with E-state index in [1.54, 1.807) is 11.6 Å². The van der Waals surface area contributed by atoms with Crippen molar-refractivity contribution in [3.8, 4) is 0 Å². The van der Waals surface area contributed by atoms with E-state index in [2.05, 4.69) is 17.6 Å². The number of hydrogen-bond donors (Lipinski definition) is 1. The van der Waals surface area contributed by atoms with Gasteiger partial charge in [0.1, 0.15) is 0 Å². The van der Waals surface area contributed by atoms with E-state index in [0.717, 1.165) is 5.70 Å². The standard InChI is InChI=1S/C5H9NS/c1-3-6-5(2)4-7/h3-4,7H,1-2H3/b5-4-,6-3-. The highest BCUT2D eigenvalue weighted by Gasteiger charge is 1.71. The van der Waals surface area contributed by atoms with E-state index in [1.165, 1.54) is 0 Å². The lowest BCUT2D eigenvalue weighted by atomic mass is 10.6. The van der Waals surface area contributed by atoms with Gasteiger partial charge in [0.05, 0.1) is 0 Å². The van der Waals surface area contributed by atoms with Crippen LogP contribution in [0.5, 0.6) is 0 Å². The monoisotopic (exact) mass is 115 g/mol. The minimum Gasteiger partial charge on any atom is -0.266 e. The molecular weight excluding hydrogens is 106 g/mol. The Bertz CT molecular complexity index is 94.3. The molecule has 0 aliphatic rings. The highest BCUT2D eigenvalue weighted by molar-refractivity contribution is 7.83. The minimum absolute atomic E-state index is 0.936. The predicted molar refractivity (Wildman–Crippen MR) is 36.9 cm³/mol. The molecule has 0 radical (unpaired) electrons. The summed E-state index contributed by atoms with van der Waals surface area (Å²) >= 11 is 3.87. The van der Waals surface area contributed by atoms with Crippen molar-refractivity contribution in [1.82, 2.24) is 0 Å². The van der Waals surface area contributed by atoms with Crippen LogP contribution in [0.25, 0.3) is 0 Å². The summed E-state index contributed by atoms with van der Waals surface area (Å²) in [6, 6.07) is 0. The van der Waals surface area contributed by atoms with Crippen molar-refractivity contribution in [3.63, 3.8) is 0 Å². The summed E-state index contributed by atoms with van der Waals surface area (Å²) in [5.41, 5.74) is 0.936. The first-order valence-electron chi connectivity index (χ1n) is 2.11. The van der Waals surface area contributed by atoms with E-state index in [0.29, 0.717) is 0 Å². The molecule has 0 rings (SSSR count). The summed E-state index contributed by atoms with van der Waals surface area (Å²) in [6.07, 6.45) is 1.74. The fourth-order valence-corrected chi connectivity index (χ4v) is 0.304. The van der Waals surface area contributed by atoms with E-state index in [-0.39, 0.29) is 0 Å². The molecule has 0 saturated carbocycles. The van der Waals surface area contributed by atoms with Gasteiger partial charge in [-0.25, -0.2) is 0 Å². The fourth-order valence-electron chi connectivity index (χ4n) is 0.237. The lowest BCUT2D eigenvalue weighted by Gasteiger charge is -1.81. The summed E-state index contributed by atoms with van der Waals surface area (Å²) in [5.74, 6) is 0. The van der Waals surface area contributed by atoms with Crippen LogP contribution in [-0.2, 0) is 0 Å². The van der Waals surface area contributed by atoms with E-state index in [4.69, 9.17) is 0 Å². The summed E-state index contributed by atoms with van der Waals surface area (Å²) in [5, 5.41) is 1.67. The molecule has 0 unspecified atom stereocenters. The average molecular weight is 115 g/mol. The van der Waals surface area contributed by atoms with Crippen LogP contribution in [-0.4, -0.2) is 6.21 Å². The molecule has 0 aromatic carbocycles. The van der Waals surface area contributed by atoms with Gasteiger partial charge in [-0.05, 0) is 19.3 Å². The first-order valence-corrected chi connectivity index (χ1v) is 2.62. The van der Waals surface area contributed by atoms with Crippen LogP contribution in [0.4, 0.5) is 0 Å². The van der Waals surface area contributed by atoms with Crippen LogP contribution in [0.1, 0.15) is 13.8 Å². The van der Waals surface area contributed by atoms with E-state index < -0.39 is 0 Å². The second kappa shape index (κ2) is 3.93. The molecule has 0 aliphatic carbocycles. The van der Waals surface area contributed by atoms with Crippen molar-refractivity contribution in [2.45, 2.75) is 13.8 Å². The molecule has 0 heterocycles. The molecular formula is C5H9NS. The Morgan fingerprint density at radius 1 is 1.71 bits per heavy atom.